The van der Waals surface area contributed by atoms with Gasteiger partial charge < -0.3 is 0 Å². The van der Waals surface area contributed by atoms with Crippen molar-refractivity contribution < 1.29 is 0 Å². The average Bonchev–Trinajstić information content (AvgIpc) is 2.41. The van der Waals surface area contributed by atoms with Crippen molar-refractivity contribution in [2.24, 2.45) is 5.41 Å². The zero-order valence-electron chi connectivity index (χ0n) is 16.0. The first kappa shape index (κ1) is 17.7. The Bertz CT molecular complexity index is 592. The Kier molecular flexibility index (Phi) is 4.42. The van der Waals surface area contributed by atoms with Crippen LogP contribution < -0.4 is 10.4 Å². The monoisotopic (exact) mass is 330 g/mol. The van der Waals surface area contributed by atoms with Crippen LogP contribution in [0.5, 0.6) is 0 Å². The number of hydrogen-bond donors (Lipinski definition) is 0. The minimum absolute atomic E-state index is 0.280. The van der Waals surface area contributed by atoms with Crippen LogP contribution in [-0.4, -0.2) is 16.1 Å². The summed E-state index contributed by atoms with van der Waals surface area (Å²) in [6, 6.07) is 9.45. The smallest absolute Gasteiger partial charge is 0.0936 e. The molecule has 0 aromatic heterocycles. The molecule has 0 nitrogen and oxygen atoms in total. The van der Waals surface area contributed by atoms with Crippen LogP contribution in [0, 0.1) is 5.41 Å². The van der Waals surface area contributed by atoms with E-state index in [0.29, 0.717) is 0 Å². The van der Waals surface area contributed by atoms with Crippen LogP contribution in [0.4, 0.5) is 0 Å². The Morgan fingerprint density at radius 2 is 1.32 bits per heavy atom. The van der Waals surface area contributed by atoms with Crippen molar-refractivity contribution >= 4 is 26.5 Å². The van der Waals surface area contributed by atoms with E-state index in [1.54, 1.807) is 15.6 Å². The summed E-state index contributed by atoms with van der Waals surface area (Å²) in [5.74, 6) is 0. The predicted octanol–water partition coefficient (Wildman–Crippen LogP) is 5.14. The lowest BCUT2D eigenvalue weighted by atomic mass is 9.97. The molecule has 0 aliphatic carbocycles. The molecular formula is C20H34Si2. The molecule has 1 heterocycles. The summed E-state index contributed by atoms with van der Waals surface area (Å²) in [7, 11) is -3.21. The first-order valence-electron chi connectivity index (χ1n) is 8.79. The molecule has 1 aromatic rings. The molecule has 0 fully saturated rings. The van der Waals surface area contributed by atoms with E-state index in [2.05, 4.69) is 91.5 Å². The summed E-state index contributed by atoms with van der Waals surface area (Å²) in [6.07, 6.45) is 0. The molecule has 0 amide bonds. The van der Waals surface area contributed by atoms with E-state index in [-0.39, 0.29) is 5.41 Å². The van der Waals surface area contributed by atoms with Crippen molar-refractivity contribution in [3.05, 3.63) is 35.2 Å². The van der Waals surface area contributed by atoms with Gasteiger partial charge in [0.25, 0.3) is 0 Å². The van der Waals surface area contributed by atoms with Gasteiger partial charge in [-0.05, 0) is 16.5 Å². The third kappa shape index (κ3) is 2.48. The van der Waals surface area contributed by atoms with Gasteiger partial charge >= 0.3 is 0 Å². The predicted molar refractivity (Wildman–Crippen MR) is 107 cm³/mol. The van der Waals surface area contributed by atoms with Crippen LogP contribution in [0.15, 0.2) is 35.2 Å². The summed E-state index contributed by atoms with van der Waals surface area (Å²) in [6.45, 7) is 22.2. The van der Waals surface area contributed by atoms with Gasteiger partial charge in [-0.2, -0.15) is 0 Å². The summed E-state index contributed by atoms with van der Waals surface area (Å²) in [4.78, 5) is 0. The van der Waals surface area contributed by atoms with Crippen molar-refractivity contribution in [3.63, 3.8) is 0 Å². The van der Waals surface area contributed by atoms with Crippen LogP contribution in [-0.2, 0) is 0 Å². The minimum atomic E-state index is -1.64. The number of fused-ring (bicyclic) bond motifs is 1. The number of allylic oxidation sites excluding steroid dienone is 1. The van der Waals surface area contributed by atoms with E-state index in [0.717, 1.165) is 11.1 Å². The van der Waals surface area contributed by atoms with Gasteiger partial charge in [0.15, 0.2) is 0 Å². The SMILES string of the molecule is CC(C)[Si@@]1(C)C=C(C(C)(C)C)[Si@](C)(C(C)C)c2ccccc21. The maximum Gasteiger partial charge on any atom is 0.112 e. The van der Waals surface area contributed by atoms with Crippen LogP contribution in [0.2, 0.25) is 24.2 Å². The highest BCUT2D eigenvalue weighted by Gasteiger charge is 2.50. The van der Waals surface area contributed by atoms with Crippen LogP contribution in [0.25, 0.3) is 0 Å². The lowest BCUT2D eigenvalue weighted by molar-refractivity contribution is 0.524. The highest BCUT2D eigenvalue weighted by atomic mass is 28.3. The van der Waals surface area contributed by atoms with Crippen molar-refractivity contribution in [2.45, 2.75) is 72.6 Å². The molecule has 0 saturated carbocycles. The summed E-state index contributed by atoms with van der Waals surface area (Å²) >= 11 is 0. The van der Waals surface area contributed by atoms with Gasteiger partial charge in [0.05, 0.1) is 0 Å². The topological polar surface area (TPSA) is 0 Å². The first-order chi connectivity index (χ1) is 9.95. The molecule has 0 saturated heterocycles. The van der Waals surface area contributed by atoms with Crippen molar-refractivity contribution in [3.8, 4) is 0 Å². The van der Waals surface area contributed by atoms with E-state index < -0.39 is 16.1 Å². The van der Waals surface area contributed by atoms with E-state index in [1.165, 1.54) is 0 Å². The summed E-state index contributed by atoms with van der Waals surface area (Å²) in [5, 5.41) is 5.26. The molecule has 0 bridgehead atoms. The molecule has 0 spiro atoms. The molecule has 0 unspecified atom stereocenters. The molecule has 2 rings (SSSR count). The lowest BCUT2D eigenvalue weighted by Gasteiger charge is -2.50. The van der Waals surface area contributed by atoms with E-state index in [1.807, 2.05) is 0 Å². The van der Waals surface area contributed by atoms with Gasteiger partial charge in [0, 0.05) is 0 Å². The fraction of sp³-hybridized carbons (Fsp3) is 0.600. The molecule has 0 radical (unpaired) electrons. The molecular weight excluding hydrogens is 296 g/mol. The third-order valence-electron chi connectivity index (χ3n) is 6.23. The molecule has 22 heavy (non-hydrogen) atoms. The summed E-state index contributed by atoms with van der Waals surface area (Å²) < 4.78 is 0. The molecule has 1 aromatic carbocycles. The third-order valence-corrected chi connectivity index (χ3v) is 17.5. The molecule has 2 heteroatoms. The van der Waals surface area contributed by atoms with Crippen molar-refractivity contribution in [2.75, 3.05) is 0 Å². The second kappa shape index (κ2) is 5.49. The Morgan fingerprint density at radius 1 is 0.818 bits per heavy atom. The highest BCUT2D eigenvalue weighted by Crippen LogP contribution is 2.43. The number of hydrogen-bond acceptors (Lipinski definition) is 0. The Morgan fingerprint density at radius 3 is 1.73 bits per heavy atom. The molecule has 2 atom stereocenters. The largest absolute Gasteiger partial charge is 0.112 e. The standard InChI is InChI=1S/C20H34Si2/c1-15(2)21(8)14-19(20(5,6)7)22(9,16(3)4)18-13-11-10-12-17(18)21/h10-16H,1-9H3/t21-,22-/m1/s1. The van der Waals surface area contributed by atoms with Crippen molar-refractivity contribution in [1.29, 1.82) is 0 Å². The minimum Gasteiger partial charge on any atom is -0.0936 e. The maximum absolute atomic E-state index is 2.81. The Hall–Kier alpha value is -0.606. The van der Waals surface area contributed by atoms with Crippen LogP contribution in [0.3, 0.4) is 0 Å². The fourth-order valence-electron chi connectivity index (χ4n) is 4.17. The van der Waals surface area contributed by atoms with Crippen LogP contribution in [0.1, 0.15) is 48.5 Å². The molecule has 1 aliphatic heterocycles. The Balaban J connectivity index is 2.87. The van der Waals surface area contributed by atoms with E-state index in [4.69, 9.17) is 0 Å². The zero-order chi connectivity index (χ0) is 16.9. The van der Waals surface area contributed by atoms with Gasteiger partial charge in [-0.3, -0.25) is 0 Å². The normalized spacial score (nSPS) is 28.8. The number of rotatable bonds is 2. The molecule has 122 valence electrons. The van der Waals surface area contributed by atoms with Gasteiger partial charge in [-0.25, -0.2) is 0 Å². The molecule has 1 aliphatic rings. The highest BCUT2D eigenvalue weighted by molar-refractivity contribution is 7.10. The fourth-order valence-corrected chi connectivity index (χ4v) is 15.3. The van der Waals surface area contributed by atoms with Crippen molar-refractivity contribution in [1.82, 2.24) is 0 Å². The summed E-state index contributed by atoms with van der Waals surface area (Å²) in [5.41, 5.74) is 4.58. The second-order valence-electron chi connectivity index (χ2n) is 9.15. The average molecular weight is 331 g/mol. The first-order valence-corrected chi connectivity index (χ1v) is 14.0. The van der Waals surface area contributed by atoms with Gasteiger partial charge in [0.2, 0.25) is 0 Å². The number of benzene rings is 1. The van der Waals surface area contributed by atoms with E-state index in [9.17, 15) is 0 Å². The molecule has 0 N–H and O–H groups in total. The zero-order valence-corrected chi connectivity index (χ0v) is 18.0. The Labute approximate surface area is 140 Å². The second-order valence-corrected chi connectivity index (χ2v) is 18.3. The van der Waals surface area contributed by atoms with E-state index >= 15 is 0 Å². The lowest BCUT2D eigenvalue weighted by Crippen LogP contribution is -2.68. The van der Waals surface area contributed by atoms with Crippen LogP contribution >= 0.6 is 0 Å². The van der Waals surface area contributed by atoms with Gasteiger partial charge in [-0.1, -0.05) is 107 Å². The van der Waals surface area contributed by atoms with Gasteiger partial charge in [0.1, 0.15) is 16.1 Å². The van der Waals surface area contributed by atoms with Gasteiger partial charge in [-0.15, -0.1) is 0 Å². The maximum atomic E-state index is 2.81. The quantitative estimate of drug-likeness (QED) is 0.658.